The molecule has 0 aliphatic heterocycles. The highest BCUT2D eigenvalue weighted by molar-refractivity contribution is 7.17. The fourth-order valence-corrected chi connectivity index (χ4v) is 4.67. The first-order chi connectivity index (χ1) is 15.7. The molecule has 0 saturated heterocycles. The van der Waals surface area contributed by atoms with Gasteiger partial charge >= 0.3 is 0 Å². The van der Waals surface area contributed by atoms with Crippen molar-refractivity contribution in [3.63, 3.8) is 0 Å². The van der Waals surface area contributed by atoms with Crippen LogP contribution in [0.3, 0.4) is 0 Å². The van der Waals surface area contributed by atoms with Crippen molar-refractivity contribution < 1.29 is 4.79 Å². The number of Topliss-reactive ketones (excluding diaryl/α,β-unsaturated/α-hetero) is 1. The normalized spacial score (nSPS) is 11.4. The third-order valence-electron chi connectivity index (χ3n) is 5.34. The Bertz CT molecular complexity index is 1610. The molecule has 8 heteroatoms. The summed E-state index contributed by atoms with van der Waals surface area (Å²) in [5, 5.41) is 8.57. The monoisotopic (exact) mass is 436 g/mol. The Kier molecular flexibility index (Phi) is 4.19. The molecule has 32 heavy (non-hydrogen) atoms. The lowest BCUT2D eigenvalue weighted by molar-refractivity contribution is 0.102. The molecule has 154 valence electrons. The number of benzene rings is 1. The second-order valence-corrected chi connectivity index (χ2v) is 8.49. The summed E-state index contributed by atoms with van der Waals surface area (Å²) in [6.07, 6.45) is 3.53. The molecule has 2 N–H and O–H groups in total. The topological polar surface area (TPSA) is 100 Å². The van der Waals surface area contributed by atoms with Gasteiger partial charge in [0.15, 0.2) is 11.6 Å². The van der Waals surface area contributed by atoms with Crippen molar-refractivity contribution >= 4 is 39.1 Å². The van der Waals surface area contributed by atoms with E-state index in [2.05, 4.69) is 31.2 Å². The molecule has 0 bridgehead atoms. The van der Waals surface area contributed by atoms with Crippen LogP contribution in [0.2, 0.25) is 0 Å². The minimum Gasteiger partial charge on any atom is -0.336 e. The van der Waals surface area contributed by atoms with Crippen molar-refractivity contribution in [1.29, 1.82) is 0 Å². The first-order valence-electron chi connectivity index (χ1n) is 10.0. The maximum absolute atomic E-state index is 11.7. The summed E-state index contributed by atoms with van der Waals surface area (Å²) in [7, 11) is 0. The number of carbonyl (C=O) groups excluding carboxylic acids is 1. The van der Waals surface area contributed by atoms with Crippen LogP contribution in [0, 0.1) is 0 Å². The molecule has 0 radical (unpaired) electrons. The van der Waals surface area contributed by atoms with Gasteiger partial charge in [-0.2, -0.15) is 5.10 Å². The van der Waals surface area contributed by atoms with Crippen LogP contribution in [0.25, 0.3) is 55.3 Å². The summed E-state index contributed by atoms with van der Waals surface area (Å²) in [6, 6.07) is 17.6. The lowest BCUT2D eigenvalue weighted by atomic mass is 10.1. The predicted octanol–water partition coefficient (Wildman–Crippen LogP) is 5.49. The molecule has 6 rings (SSSR count). The number of pyridine rings is 2. The number of hydrogen-bond acceptors (Lipinski definition) is 6. The van der Waals surface area contributed by atoms with Gasteiger partial charge in [-0.3, -0.25) is 19.9 Å². The molecule has 0 aliphatic carbocycles. The molecule has 6 aromatic rings. The predicted molar refractivity (Wildman–Crippen MR) is 126 cm³/mol. The van der Waals surface area contributed by atoms with Gasteiger partial charge in [-0.05, 0) is 49.4 Å². The Morgan fingerprint density at radius 3 is 2.69 bits per heavy atom. The van der Waals surface area contributed by atoms with E-state index in [0.717, 1.165) is 49.5 Å². The van der Waals surface area contributed by atoms with E-state index in [1.807, 2.05) is 48.5 Å². The molecule has 5 heterocycles. The van der Waals surface area contributed by atoms with Crippen LogP contribution in [0.15, 0.2) is 67.0 Å². The summed E-state index contributed by atoms with van der Waals surface area (Å²) >= 11 is 1.42. The first-order valence-corrected chi connectivity index (χ1v) is 10.8. The van der Waals surface area contributed by atoms with E-state index >= 15 is 0 Å². The van der Waals surface area contributed by atoms with Gasteiger partial charge in [-0.15, -0.1) is 11.3 Å². The molecule has 0 aliphatic rings. The molecule has 0 spiro atoms. The van der Waals surface area contributed by atoms with Gasteiger partial charge in [-0.1, -0.05) is 12.1 Å². The molecule has 0 unspecified atom stereocenters. The number of hydrogen-bond donors (Lipinski definition) is 2. The van der Waals surface area contributed by atoms with Crippen molar-refractivity contribution in [1.82, 2.24) is 30.1 Å². The van der Waals surface area contributed by atoms with Crippen LogP contribution >= 0.6 is 11.3 Å². The molecular weight excluding hydrogens is 420 g/mol. The second-order valence-electron chi connectivity index (χ2n) is 7.41. The molecule has 5 aromatic heterocycles. The average Bonchev–Trinajstić information content (AvgIpc) is 3.56. The minimum absolute atomic E-state index is 0.0443. The zero-order valence-corrected chi connectivity index (χ0v) is 17.8. The molecule has 0 saturated carbocycles. The maximum Gasteiger partial charge on any atom is 0.169 e. The fraction of sp³-hybridized carbons (Fsp3) is 0.0417. The zero-order chi connectivity index (χ0) is 21.7. The number of fused-ring (bicyclic) bond motifs is 2. The molecule has 0 atom stereocenters. The quantitative estimate of drug-likeness (QED) is 0.356. The molecule has 0 amide bonds. The highest BCUT2D eigenvalue weighted by atomic mass is 32.1. The van der Waals surface area contributed by atoms with Gasteiger partial charge in [0, 0.05) is 23.3 Å². The number of nitrogens with zero attached hydrogens (tertiary/aromatic N) is 4. The van der Waals surface area contributed by atoms with Gasteiger partial charge in [0.2, 0.25) is 0 Å². The molecule has 7 nitrogen and oxygen atoms in total. The van der Waals surface area contributed by atoms with Crippen molar-refractivity contribution in [2.24, 2.45) is 0 Å². The van der Waals surface area contributed by atoms with Gasteiger partial charge < -0.3 is 4.98 Å². The Balaban J connectivity index is 1.49. The number of rotatable bonds is 4. The van der Waals surface area contributed by atoms with Gasteiger partial charge in [-0.25, -0.2) is 4.98 Å². The number of nitrogens with one attached hydrogen (secondary N) is 2. The number of thiophene rings is 1. The average molecular weight is 437 g/mol. The summed E-state index contributed by atoms with van der Waals surface area (Å²) in [4.78, 5) is 30.5. The lowest BCUT2D eigenvalue weighted by Crippen LogP contribution is -1.85. The molecule has 1 aromatic carbocycles. The summed E-state index contributed by atoms with van der Waals surface area (Å²) < 4.78 is 0. The van der Waals surface area contributed by atoms with Gasteiger partial charge in [0.25, 0.3) is 0 Å². The second kappa shape index (κ2) is 7.21. The zero-order valence-electron chi connectivity index (χ0n) is 17.0. The van der Waals surface area contributed by atoms with Crippen molar-refractivity contribution in [2.75, 3.05) is 0 Å². The highest BCUT2D eigenvalue weighted by Gasteiger charge is 2.17. The smallest absolute Gasteiger partial charge is 0.169 e. The number of imidazole rings is 1. The summed E-state index contributed by atoms with van der Waals surface area (Å²) in [5.74, 6) is 0.699. The Hall–Kier alpha value is -4.17. The molecular formula is C24H16N6OS. The third-order valence-corrected chi connectivity index (χ3v) is 6.53. The van der Waals surface area contributed by atoms with E-state index in [-0.39, 0.29) is 5.78 Å². The van der Waals surface area contributed by atoms with E-state index in [9.17, 15) is 4.79 Å². The van der Waals surface area contributed by atoms with Crippen LogP contribution < -0.4 is 0 Å². The SMILES string of the molecule is CC(=O)c1ccc(-c2nccc3[nH]c(-c4n[nH]c5ccc(-c6ccccn6)cc45)nc23)s1. The number of H-pyrrole nitrogens is 2. The van der Waals surface area contributed by atoms with E-state index in [1.165, 1.54) is 11.3 Å². The van der Waals surface area contributed by atoms with E-state index in [1.54, 1.807) is 19.3 Å². The van der Waals surface area contributed by atoms with Crippen LogP contribution in [0.4, 0.5) is 0 Å². The number of carbonyl (C=O) groups is 1. The standard InChI is InChI=1S/C24H16N6OS/c1-13(31)19-7-8-20(32-19)23-22-18(9-11-26-23)27-24(28-22)21-15-12-14(5-6-17(15)29-30-21)16-4-2-3-10-25-16/h2-12H,1H3,(H,27,28)(H,29,30). The number of aromatic nitrogens is 6. The third kappa shape index (κ3) is 3.00. The Labute approximate surface area is 186 Å². The largest absolute Gasteiger partial charge is 0.336 e. The minimum atomic E-state index is 0.0443. The van der Waals surface area contributed by atoms with Gasteiger partial charge in [0.1, 0.15) is 16.9 Å². The summed E-state index contributed by atoms with van der Waals surface area (Å²) in [5.41, 5.74) is 5.91. The van der Waals surface area contributed by atoms with Crippen LogP contribution in [-0.4, -0.2) is 35.9 Å². The number of ketones is 1. The van der Waals surface area contributed by atoms with Crippen molar-refractivity contribution in [3.8, 4) is 33.3 Å². The fourth-order valence-electron chi connectivity index (χ4n) is 3.77. The van der Waals surface area contributed by atoms with E-state index in [0.29, 0.717) is 10.7 Å². The number of aromatic amines is 2. The summed E-state index contributed by atoms with van der Waals surface area (Å²) in [6.45, 7) is 1.57. The maximum atomic E-state index is 11.7. The van der Waals surface area contributed by atoms with Gasteiger partial charge in [0.05, 0.1) is 26.5 Å². The van der Waals surface area contributed by atoms with E-state index < -0.39 is 0 Å². The van der Waals surface area contributed by atoms with Crippen LogP contribution in [0.5, 0.6) is 0 Å². The first kappa shape index (κ1) is 18.6. The Morgan fingerprint density at radius 2 is 1.88 bits per heavy atom. The van der Waals surface area contributed by atoms with Crippen LogP contribution in [0.1, 0.15) is 16.6 Å². The van der Waals surface area contributed by atoms with Crippen molar-refractivity contribution in [3.05, 3.63) is 71.9 Å². The van der Waals surface area contributed by atoms with Crippen LogP contribution in [-0.2, 0) is 0 Å². The Morgan fingerprint density at radius 1 is 0.938 bits per heavy atom. The lowest BCUT2D eigenvalue weighted by Gasteiger charge is -2.01. The van der Waals surface area contributed by atoms with E-state index in [4.69, 9.17) is 4.98 Å². The highest BCUT2D eigenvalue weighted by Crippen LogP contribution is 2.34. The molecule has 0 fully saturated rings. The van der Waals surface area contributed by atoms with Crippen molar-refractivity contribution in [2.45, 2.75) is 6.92 Å².